The Balaban J connectivity index is 3.12. The number of rotatable bonds is 14. The first-order valence-corrected chi connectivity index (χ1v) is 8.04. The molecule has 0 aliphatic rings. The lowest BCUT2D eigenvalue weighted by Crippen LogP contribution is -1.98. The van der Waals surface area contributed by atoms with Crippen LogP contribution < -0.4 is 11.5 Å². The molecule has 0 aliphatic carbocycles. The lowest BCUT2D eigenvalue weighted by atomic mass is 10.2. The zero-order chi connectivity index (χ0) is 13.5. The quantitative estimate of drug-likeness (QED) is 0.377. The summed E-state index contributed by atoms with van der Waals surface area (Å²) in [5, 5.41) is 0. The van der Waals surface area contributed by atoms with Crippen LogP contribution in [0, 0.1) is 0 Å². The molecule has 4 N–H and O–H groups in total. The van der Waals surface area contributed by atoms with Gasteiger partial charge in [-0.15, -0.1) is 9.05 Å². The van der Waals surface area contributed by atoms with Gasteiger partial charge < -0.3 is 11.5 Å². The molecule has 0 atom stereocenters. The fraction of sp³-hybridized carbons (Fsp3) is 1.00. The van der Waals surface area contributed by atoms with Gasteiger partial charge in [0.05, 0.1) is 0 Å². The van der Waals surface area contributed by atoms with Crippen molar-refractivity contribution in [3.63, 3.8) is 0 Å². The second-order valence-electron chi connectivity index (χ2n) is 4.30. The maximum Gasteiger partial charge on any atom is 0.697 e. The van der Waals surface area contributed by atoms with Gasteiger partial charge >= 0.3 is 8.25 Å². The van der Waals surface area contributed by atoms with Gasteiger partial charge in [0, 0.05) is 4.57 Å². The summed E-state index contributed by atoms with van der Waals surface area (Å²) in [5.74, 6) is 0. The van der Waals surface area contributed by atoms with Crippen LogP contribution in [0.5, 0.6) is 0 Å². The maximum atomic E-state index is 11.3. The van der Waals surface area contributed by atoms with E-state index in [-0.39, 0.29) is 0 Å². The van der Waals surface area contributed by atoms with Crippen molar-refractivity contribution in [2.45, 2.75) is 51.4 Å². The van der Waals surface area contributed by atoms with Crippen molar-refractivity contribution in [2.75, 3.05) is 26.3 Å². The minimum Gasteiger partial charge on any atom is -0.330 e. The van der Waals surface area contributed by atoms with Gasteiger partial charge in [-0.05, 0) is 38.8 Å². The van der Waals surface area contributed by atoms with Crippen LogP contribution >= 0.6 is 8.25 Å². The zero-order valence-electron chi connectivity index (χ0n) is 11.3. The van der Waals surface area contributed by atoms with Crippen LogP contribution in [-0.4, -0.2) is 26.3 Å². The van der Waals surface area contributed by atoms with Crippen molar-refractivity contribution in [1.29, 1.82) is 0 Å². The van der Waals surface area contributed by atoms with Crippen molar-refractivity contribution >= 4 is 8.25 Å². The third kappa shape index (κ3) is 14.0. The summed E-state index contributed by atoms with van der Waals surface area (Å²) in [6, 6.07) is 0. The van der Waals surface area contributed by atoms with E-state index < -0.39 is 8.25 Å². The predicted octanol–water partition coefficient (Wildman–Crippen LogP) is 2.72. The number of hydrogen-bond donors (Lipinski definition) is 2. The van der Waals surface area contributed by atoms with Gasteiger partial charge in [-0.3, -0.25) is 0 Å². The van der Waals surface area contributed by atoms with Gasteiger partial charge in [-0.1, -0.05) is 25.7 Å². The normalized spacial score (nSPS) is 10.8. The van der Waals surface area contributed by atoms with E-state index in [1.54, 1.807) is 0 Å². The molecule has 0 aromatic rings. The zero-order valence-corrected chi connectivity index (χ0v) is 12.2. The van der Waals surface area contributed by atoms with Gasteiger partial charge in [-0.2, -0.15) is 0 Å². The number of unbranched alkanes of at least 4 members (excludes halogenated alkanes) is 6. The summed E-state index contributed by atoms with van der Waals surface area (Å²) in [4.78, 5) is 0. The SMILES string of the molecule is NCCCCCCO[P+](=O)OCCCCCCN. The first-order chi connectivity index (χ1) is 8.81. The molecule has 6 heteroatoms. The van der Waals surface area contributed by atoms with Gasteiger partial charge in [0.25, 0.3) is 0 Å². The van der Waals surface area contributed by atoms with Crippen LogP contribution in [0.25, 0.3) is 0 Å². The first-order valence-electron chi connectivity index (χ1n) is 6.94. The number of nitrogens with two attached hydrogens (primary N) is 2. The van der Waals surface area contributed by atoms with Crippen LogP contribution in [-0.2, 0) is 13.6 Å². The minimum atomic E-state index is -1.93. The smallest absolute Gasteiger partial charge is 0.330 e. The second-order valence-corrected chi connectivity index (χ2v) is 5.26. The molecule has 5 nitrogen and oxygen atoms in total. The molecule has 0 spiro atoms. The Morgan fingerprint density at radius 1 is 0.667 bits per heavy atom. The predicted molar refractivity (Wildman–Crippen MR) is 74.6 cm³/mol. The topological polar surface area (TPSA) is 87.6 Å². The van der Waals surface area contributed by atoms with E-state index >= 15 is 0 Å². The van der Waals surface area contributed by atoms with Gasteiger partial charge in [0.2, 0.25) is 0 Å². The van der Waals surface area contributed by atoms with E-state index in [9.17, 15) is 4.57 Å². The molecule has 108 valence electrons. The Hall–Kier alpha value is -0.0600. The Morgan fingerprint density at radius 3 is 1.44 bits per heavy atom. The van der Waals surface area contributed by atoms with Gasteiger partial charge in [0.1, 0.15) is 13.2 Å². The highest BCUT2D eigenvalue weighted by atomic mass is 31.1. The fourth-order valence-electron chi connectivity index (χ4n) is 1.52. The van der Waals surface area contributed by atoms with Crippen LogP contribution in [0.3, 0.4) is 0 Å². The lowest BCUT2D eigenvalue weighted by molar-refractivity contribution is 0.218. The Bertz CT molecular complexity index is 176. The molecule has 0 aromatic carbocycles. The lowest BCUT2D eigenvalue weighted by Gasteiger charge is -1.96. The minimum absolute atomic E-state index is 0.507. The maximum absolute atomic E-state index is 11.3. The van der Waals surface area contributed by atoms with Gasteiger partial charge in [-0.25, -0.2) is 0 Å². The monoisotopic (exact) mass is 279 g/mol. The highest BCUT2D eigenvalue weighted by Gasteiger charge is 2.18. The average molecular weight is 279 g/mol. The summed E-state index contributed by atoms with van der Waals surface area (Å²) in [6.45, 7) is 2.49. The summed E-state index contributed by atoms with van der Waals surface area (Å²) in [5.41, 5.74) is 10.8. The highest BCUT2D eigenvalue weighted by molar-refractivity contribution is 7.33. The van der Waals surface area contributed by atoms with Crippen molar-refractivity contribution in [3.05, 3.63) is 0 Å². The van der Waals surface area contributed by atoms with Crippen LogP contribution in [0.15, 0.2) is 0 Å². The molecule has 0 saturated carbocycles. The standard InChI is InChI=1S/C12H28N2O3P/c13-9-5-1-3-7-11-16-18(15)17-12-8-4-2-6-10-14/h1-14H2/q+1. The Morgan fingerprint density at radius 2 is 1.06 bits per heavy atom. The molecule has 0 radical (unpaired) electrons. The molecule has 0 bridgehead atoms. The molecule has 0 saturated heterocycles. The first kappa shape index (κ1) is 17.9. The largest absolute Gasteiger partial charge is 0.697 e. The molecule has 0 amide bonds. The second kappa shape index (κ2) is 15.0. The summed E-state index contributed by atoms with van der Waals surface area (Å²) < 4.78 is 21.5. The van der Waals surface area contributed by atoms with E-state index in [2.05, 4.69) is 0 Å². The molecular weight excluding hydrogens is 251 g/mol. The Labute approximate surface area is 112 Å². The van der Waals surface area contributed by atoms with E-state index in [0.717, 1.165) is 64.5 Å². The molecule has 0 fully saturated rings. The van der Waals surface area contributed by atoms with Crippen molar-refractivity contribution < 1.29 is 13.6 Å². The number of hydrogen-bond acceptors (Lipinski definition) is 5. The third-order valence-corrected chi connectivity index (χ3v) is 3.38. The average Bonchev–Trinajstić information content (AvgIpc) is 2.38. The fourth-order valence-corrected chi connectivity index (χ4v) is 2.15. The van der Waals surface area contributed by atoms with E-state index in [1.807, 2.05) is 0 Å². The van der Waals surface area contributed by atoms with Crippen molar-refractivity contribution in [1.82, 2.24) is 0 Å². The van der Waals surface area contributed by atoms with Crippen LogP contribution in [0.2, 0.25) is 0 Å². The van der Waals surface area contributed by atoms with Crippen molar-refractivity contribution in [3.8, 4) is 0 Å². The Kier molecular flexibility index (Phi) is 14.9. The highest BCUT2D eigenvalue weighted by Crippen LogP contribution is 2.24. The summed E-state index contributed by atoms with van der Waals surface area (Å²) >= 11 is 0. The van der Waals surface area contributed by atoms with E-state index in [1.165, 1.54) is 0 Å². The molecule has 0 aliphatic heterocycles. The molecule has 0 unspecified atom stereocenters. The summed E-state index contributed by atoms with van der Waals surface area (Å²) in [6.07, 6.45) is 8.29. The third-order valence-electron chi connectivity index (χ3n) is 2.59. The molecule has 0 rings (SSSR count). The molecular formula is C12H28N2O3P+. The summed E-state index contributed by atoms with van der Waals surface area (Å²) in [7, 11) is -1.93. The van der Waals surface area contributed by atoms with Gasteiger partial charge in [0.15, 0.2) is 0 Å². The molecule has 18 heavy (non-hydrogen) atoms. The molecule has 0 aromatic heterocycles. The molecule has 0 heterocycles. The van der Waals surface area contributed by atoms with Crippen LogP contribution in [0.1, 0.15) is 51.4 Å². The van der Waals surface area contributed by atoms with Crippen LogP contribution in [0.4, 0.5) is 0 Å². The van der Waals surface area contributed by atoms with E-state index in [4.69, 9.17) is 20.5 Å². The van der Waals surface area contributed by atoms with Crippen molar-refractivity contribution in [2.24, 2.45) is 11.5 Å². The van der Waals surface area contributed by atoms with E-state index in [0.29, 0.717) is 13.2 Å².